The zero-order chi connectivity index (χ0) is 20.2. The van der Waals surface area contributed by atoms with Crippen LogP contribution in [0, 0.1) is 0 Å². The first-order chi connectivity index (χ1) is 12.9. The van der Waals surface area contributed by atoms with Crippen molar-refractivity contribution in [1.82, 2.24) is 20.0 Å². The molecule has 1 heterocycles. The molecule has 0 amide bonds. The van der Waals surface area contributed by atoms with Gasteiger partial charge in [-0.1, -0.05) is 26.7 Å². The van der Waals surface area contributed by atoms with Crippen LogP contribution in [-0.2, 0) is 23.1 Å². The Kier molecular flexibility index (Phi) is 10.5. The number of hydrogen-bond donors (Lipinski definition) is 1. The van der Waals surface area contributed by atoms with E-state index in [0.29, 0.717) is 18.9 Å². The average molecular weight is 380 g/mol. The van der Waals surface area contributed by atoms with E-state index in [9.17, 15) is 4.79 Å². The number of esters is 1. The number of unbranched alkanes of at least 4 members (excludes halogenated alkanes) is 3. The maximum atomic E-state index is 11.3. The molecule has 1 aromatic rings. The summed E-state index contributed by atoms with van der Waals surface area (Å²) in [4.78, 5) is 17.8. The second-order valence-electron chi connectivity index (χ2n) is 7.17. The third kappa shape index (κ3) is 8.45. The van der Waals surface area contributed by atoms with Crippen LogP contribution in [0.25, 0.3) is 0 Å². The summed E-state index contributed by atoms with van der Waals surface area (Å²) < 4.78 is 6.82. The van der Waals surface area contributed by atoms with E-state index in [4.69, 9.17) is 4.74 Å². The van der Waals surface area contributed by atoms with Crippen molar-refractivity contribution in [2.45, 2.75) is 65.3 Å². The standard InChI is InChI=1S/C20H37N5O2/c1-7-27-18(26)12-10-8-9-11-13-22-20(21-4)24(5)14-17-15-25(6)23-19(17)16(2)3/h15-16H,7-14H2,1-6H3,(H,21,22). The summed E-state index contributed by atoms with van der Waals surface area (Å²) >= 11 is 0. The summed E-state index contributed by atoms with van der Waals surface area (Å²) in [6.07, 6.45) is 6.69. The fourth-order valence-electron chi connectivity index (χ4n) is 3.06. The molecular weight excluding hydrogens is 342 g/mol. The van der Waals surface area contributed by atoms with Crippen LogP contribution in [0.1, 0.15) is 70.1 Å². The first-order valence-electron chi connectivity index (χ1n) is 9.98. The van der Waals surface area contributed by atoms with Gasteiger partial charge in [-0.15, -0.1) is 0 Å². The molecule has 7 heteroatoms. The van der Waals surface area contributed by atoms with Gasteiger partial charge < -0.3 is 15.0 Å². The highest BCUT2D eigenvalue weighted by atomic mass is 16.5. The maximum Gasteiger partial charge on any atom is 0.305 e. The smallest absolute Gasteiger partial charge is 0.305 e. The van der Waals surface area contributed by atoms with Gasteiger partial charge in [0.25, 0.3) is 0 Å². The highest BCUT2D eigenvalue weighted by Gasteiger charge is 2.14. The number of ether oxygens (including phenoxy) is 1. The number of nitrogens with zero attached hydrogens (tertiary/aromatic N) is 4. The minimum atomic E-state index is -0.0891. The van der Waals surface area contributed by atoms with E-state index in [0.717, 1.165) is 50.4 Å². The quantitative estimate of drug-likeness (QED) is 0.277. The van der Waals surface area contributed by atoms with Crippen LogP contribution in [0.3, 0.4) is 0 Å². The van der Waals surface area contributed by atoms with E-state index in [1.54, 1.807) is 0 Å². The lowest BCUT2D eigenvalue weighted by atomic mass is 10.1. The van der Waals surface area contributed by atoms with Gasteiger partial charge in [0.2, 0.25) is 0 Å². The molecule has 0 saturated carbocycles. The predicted octanol–water partition coefficient (Wildman–Crippen LogP) is 3.06. The normalized spacial score (nSPS) is 11.7. The maximum absolute atomic E-state index is 11.3. The van der Waals surface area contributed by atoms with Crippen LogP contribution in [0.2, 0.25) is 0 Å². The molecule has 7 nitrogen and oxygen atoms in total. The molecule has 0 aromatic carbocycles. The third-order valence-electron chi connectivity index (χ3n) is 4.36. The van der Waals surface area contributed by atoms with Gasteiger partial charge in [-0.05, 0) is 25.7 Å². The number of guanidine groups is 1. The predicted molar refractivity (Wildman–Crippen MR) is 110 cm³/mol. The van der Waals surface area contributed by atoms with E-state index in [1.165, 1.54) is 5.56 Å². The number of aryl methyl sites for hydroxylation is 1. The van der Waals surface area contributed by atoms with Gasteiger partial charge in [-0.2, -0.15) is 5.10 Å². The number of carbonyl (C=O) groups excluding carboxylic acids is 1. The van der Waals surface area contributed by atoms with Crippen LogP contribution in [-0.4, -0.2) is 53.9 Å². The summed E-state index contributed by atoms with van der Waals surface area (Å²) in [7, 11) is 5.82. The highest BCUT2D eigenvalue weighted by Crippen LogP contribution is 2.18. The molecule has 0 saturated heterocycles. The number of rotatable bonds is 11. The molecule has 0 aliphatic rings. The van der Waals surface area contributed by atoms with E-state index in [1.807, 2.05) is 32.7 Å². The first kappa shape index (κ1) is 23.0. The molecule has 0 atom stereocenters. The van der Waals surface area contributed by atoms with Crippen molar-refractivity contribution in [1.29, 1.82) is 0 Å². The molecule has 154 valence electrons. The molecule has 0 fully saturated rings. The minimum absolute atomic E-state index is 0.0891. The molecule has 0 aliphatic carbocycles. The van der Waals surface area contributed by atoms with Crippen molar-refractivity contribution in [3.05, 3.63) is 17.5 Å². The summed E-state index contributed by atoms with van der Waals surface area (Å²) in [5, 5.41) is 8.00. The van der Waals surface area contributed by atoms with E-state index >= 15 is 0 Å². The lowest BCUT2D eigenvalue weighted by Crippen LogP contribution is -2.39. The Bertz CT molecular complexity index is 595. The molecule has 0 radical (unpaired) electrons. The van der Waals surface area contributed by atoms with Gasteiger partial charge in [-0.25, -0.2) is 0 Å². The molecule has 0 unspecified atom stereocenters. The van der Waals surface area contributed by atoms with Crippen molar-refractivity contribution in [2.24, 2.45) is 12.0 Å². The van der Waals surface area contributed by atoms with Crippen LogP contribution in [0.5, 0.6) is 0 Å². The topological polar surface area (TPSA) is 71.8 Å². The van der Waals surface area contributed by atoms with Crippen molar-refractivity contribution in [3.63, 3.8) is 0 Å². The number of aliphatic imine (C=N–C) groups is 1. The summed E-state index contributed by atoms with van der Waals surface area (Å²) in [5.74, 6) is 1.20. The number of carbonyl (C=O) groups is 1. The zero-order valence-electron chi connectivity index (χ0n) is 17.9. The minimum Gasteiger partial charge on any atom is -0.466 e. The number of hydrogen-bond acceptors (Lipinski definition) is 4. The summed E-state index contributed by atoms with van der Waals surface area (Å²) in [6, 6.07) is 0. The second-order valence-corrected chi connectivity index (χ2v) is 7.17. The lowest BCUT2D eigenvalue weighted by Gasteiger charge is -2.22. The fourth-order valence-corrected chi connectivity index (χ4v) is 3.06. The Morgan fingerprint density at radius 1 is 1.33 bits per heavy atom. The SMILES string of the molecule is CCOC(=O)CCCCCCNC(=NC)N(C)Cc1cn(C)nc1C(C)C. The third-order valence-corrected chi connectivity index (χ3v) is 4.36. The van der Waals surface area contributed by atoms with E-state index in [2.05, 4.69) is 40.4 Å². The van der Waals surface area contributed by atoms with Crippen molar-refractivity contribution >= 4 is 11.9 Å². The van der Waals surface area contributed by atoms with Gasteiger partial charge in [0.05, 0.1) is 12.3 Å². The van der Waals surface area contributed by atoms with Gasteiger partial charge in [0.1, 0.15) is 0 Å². The largest absolute Gasteiger partial charge is 0.466 e. The molecule has 1 aromatic heterocycles. The Balaban J connectivity index is 2.32. The van der Waals surface area contributed by atoms with Gasteiger partial charge in [0.15, 0.2) is 5.96 Å². The van der Waals surface area contributed by atoms with Crippen LogP contribution >= 0.6 is 0 Å². The molecule has 0 spiro atoms. The van der Waals surface area contributed by atoms with Crippen molar-refractivity contribution < 1.29 is 9.53 Å². The Hall–Kier alpha value is -2.05. The molecule has 0 bridgehead atoms. The van der Waals surface area contributed by atoms with Gasteiger partial charge in [0, 0.05) is 52.4 Å². The van der Waals surface area contributed by atoms with Crippen LogP contribution in [0.4, 0.5) is 0 Å². The van der Waals surface area contributed by atoms with Crippen LogP contribution in [0.15, 0.2) is 11.2 Å². The number of aromatic nitrogens is 2. The monoisotopic (exact) mass is 379 g/mol. The summed E-state index contributed by atoms with van der Waals surface area (Å²) in [6.45, 7) is 8.29. The van der Waals surface area contributed by atoms with Gasteiger partial charge >= 0.3 is 5.97 Å². The fraction of sp³-hybridized carbons (Fsp3) is 0.750. The van der Waals surface area contributed by atoms with Crippen LogP contribution < -0.4 is 5.32 Å². The van der Waals surface area contributed by atoms with E-state index in [-0.39, 0.29) is 5.97 Å². The first-order valence-corrected chi connectivity index (χ1v) is 9.98. The van der Waals surface area contributed by atoms with E-state index < -0.39 is 0 Å². The highest BCUT2D eigenvalue weighted by molar-refractivity contribution is 5.79. The van der Waals surface area contributed by atoms with Gasteiger partial charge in [-0.3, -0.25) is 14.5 Å². The molecular formula is C20H37N5O2. The zero-order valence-corrected chi connectivity index (χ0v) is 17.9. The Labute approximate surface area is 164 Å². The molecule has 1 N–H and O–H groups in total. The average Bonchev–Trinajstić information content (AvgIpc) is 2.98. The summed E-state index contributed by atoms with van der Waals surface area (Å²) in [5.41, 5.74) is 2.37. The van der Waals surface area contributed by atoms with Crippen molar-refractivity contribution in [3.8, 4) is 0 Å². The molecule has 1 rings (SSSR count). The van der Waals surface area contributed by atoms with Crippen molar-refractivity contribution in [2.75, 3.05) is 27.2 Å². The lowest BCUT2D eigenvalue weighted by molar-refractivity contribution is -0.143. The molecule has 27 heavy (non-hydrogen) atoms. The number of nitrogens with one attached hydrogen (secondary N) is 1. The Morgan fingerprint density at radius 3 is 2.67 bits per heavy atom. The Morgan fingerprint density at radius 2 is 2.04 bits per heavy atom. The second kappa shape index (κ2) is 12.4. The molecule has 0 aliphatic heterocycles.